The molecule has 2 aromatic rings. The van der Waals surface area contributed by atoms with Gasteiger partial charge in [0.2, 0.25) is 5.91 Å². The fraction of sp³-hybridized carbons (Fsp3) is 0.389. The van der Waals surface area contributed by atoms with Crippen LogP contribution in [0.5, 0.6) is 0 Å². The third kappa shape index (κ3) is 5.67. The van der Waals surface area contributed by atoms with E-state index in [-0.39, 0.29) is 11.7 Å². The highest BCUT2D eigenvalue weighted by atomic mass is 32.2. The van der Waals surface area contributed by atoms with E-state index in [1.165, 1.54) is 6.07 Å². The molecule has 2 aromatic heterocycles. The van der Waals surface area contributed by atoms with E-state index in [4.69, 9.17) is 0 Å². The van der Waals surface area contributed by atoms with Crippen molar-refractivity contribution in [3.63, 3.8) is 0 Å². The van der Waals surface area contributed by atoms with Crippen molar-refractivity contribution in [2.75, 3.05) is 31.9 Å². The number of carbonyl (C=O) groups is 1. The molecule has 1 fully saturated rings. The van der Waals surface area contributed by atoms with Crippen molar-refractivity contribution in [1.82, 2.24) is 19.8 Å². The second kappa shape index (κ2) is 8.71. The summed E-state index contributed by atoms with van der Waals surface area (Å²) in [6.45, 7) is 3.65. The van der Waals surface area contributed by atoms with E-state index in [9.17, 15) is 18.0 Å². The molecule has 0 spiro atoms. The van der Waals surface area contributed by atoms with Gasteiger partial charge in [-0.15, -0.1) is 0 Å². The van der Waals surface area contributed by atoms with Crippen LogP contribution >= 0.6 is 11.8 Å². The molecule has 0 bridgehead atoms. The lowest BCUT2D eigenvalue weighted by atomic mass is 10.2. The first-order valence-corrected chi connectivity index (χ1v) is 9.45. The van der Waals surface area contributed by atoms with Crippen molar-refractivity contribution >= 4 is 17.7 Å². The Balaban J connectivity index is 1.43. The lowest BCUT2D eigenvalue weighted by molar-refractivity contribution is -0.138. The van der Waals surface area contributed by atoms with Crippen molar-refractivity contribution in [3.05, 3.63) is 54.0 Å². The van der Waals surface area contributed by atoms with Crippen LogP contribution in [-0.4, -0.2) is 57.6 Å². The van der Waals surface area contributed by atoms with Gasteiger partial charge in [-0.05, 0) is 23.8 Å². The number of halogens is 3. The summed E-state index contributed by atoms with van der Waals surface area (Å²) in [6, 6.07) is 6.21. The lowest BCUT2D eigenvalue weighted by Crippen LogP contribution is -2.48. The second-order valence-corrected chi connectivity index (χ2v) is 7.19. The summed E-state index contributed by atoms with van der Waals surface area (Å²) in [5.74, 6) is 0.142. The first kappa shape index (κ1) is 19.6. The molecule has 0 N–H and O–H groups in total. The number of nitrogens with zero attached hydrogens (tertiary/aromatic N) is 4. The standard InChI is InChI=1S/C18H19F3N4OS/c19-18(20,21)15-3-4-16(23-11-15)27-13-17(26)25-8-6-24(7-9-25)12-14-2-1-5-22-10-14/h1-5,10-11H,6-9,12-13H2. The molecule has 0 atom stereocenters. The molecule has 1 saturated heterocycles. The number of thioether (sulfide) groups is 1. The molecule has 1 aliphatic heterocycles. The molecule has 27 heavy (non-hydrogen) atoms. The molecule has 0 aliphatic carbocycles. The Bertz CT molecular complexity index is 747. The minimum atomic E-state index is -4.40. The van der Waals surface area contributed by atoms with Gasteiger partial charge in [-0.2, -0.15) is 13.2 Å². The number of carbonyl (C=O) groups excluding carboxylic acids is 1. The zero-order chi connectivity index (χ0) is 19.3. The van der Waals surface area contributed by atoms with Crippen LogP contribution in [0.2, 0.25) is 0 Å². The van der Waals surface area contributed by atoms with E-state index >= 15 is 0 Å². The number of piperazine rings is 1. The van der Waals surface area contributed by atoms with E-state index in [2.05, 4.69) is 14.9 Å². The highest BCUT2D eigenvalue weighted by molar-refractivity contribution is 7.99. The molecule has 5 nitrogen and oxygen atoms in total. The number of amides is 1. The fourth-order valence-corrected chi connectivity index (χ4v) is 3.51. The van der Waals surface area contributed by atoms with Gasteiger partial charge in [-0.1, -0.05) is 17.8 Å². The monoisotopic (exact) mass is 396 g/mol. The summed E-state index contributed by atoms with van der Waals surface area (Å²) in [5, 5.41) is 0.409. The van der Waals surface area contributed by atoms with Gasteiger partial charge in [-0.25, -0.2) is 4.98 Å². The molecule has 1 aliphatic rings. The third-order valence-electron chi connectivity index (χ3n) is 4.26. The normalized spacial score (nSPS) is 15.7. The number of alkyl halides is 3. The fourth-order valence-electron chi connectivity index (χ4n) is 2.77. The summed E-state index contributed by atoms with van der Waals surface area (Å²) >= 11 is 1.15. The summed E-state index contributed by atoms with van der Waals surface area (Å²) in [5.41, 5.74) is 0.351. The molecular weight excluding hydrogens is 377 g/mol. The predicted molar refractivity (Wildman–Crippen MR) is 96.1 cm³/mol. The van der Waals surface area contributed by atoms with Gasteiger partial charge in [-0.3, -0.25) is 14.7 Å². The number of hydrogen-bond acceptors (Lipinski definition) is 5. The van der Waals surface area contributed by atoms with E-state index in [0.717, 1.165) is 49.2 Å². The summed E-state index contributed by atoms with van der Waals surface area (Å²) in [7, 11) is 0. The Kier molecular flexibility index (Phi) is 6.33. The average molecular weight is 396 g/mol. The van der Waals surface area contributed by atoms with Crippen LogP contribution < -0.4 is 0 Å². The van der Waals surface area contributed by atoms with Crippen LogP contribution in [0.1, 0.15) is 11.1 Å². The van der Waals surface area contributed by atoms with Crippen LogP contribution in [-0.2, 0) is 17.5 Å². The molecular formula is C18H19F3N4OS. The van der Waals surface area contributed by atoms with Crippen molar-refractivity contribution in [1.29, 1.82) is 0 Å². The Morgan fingerprint density at radius 2 is 1.89 bits per heavy atom. The number of hydrogen-bond donors (Lipinski definition) is 0. The summed E-state index contributed by atoms with van der Waals surface area (Å²) < 4.78 is 37.6. The first-order valence-electron chi connectivity index (χ1n) is 8.47. The molecule has 1 amide bonds. The van der Waals surface area contributed by atoms with Crippen molar-refractivity contribution in [2.45, 2.75) is 17.7 Å². The minimum absolute atomic E-state index is 0.0253. The van der Waals surface area contributed by atoms with Gasteiger partial charge in [0.15, 0.2) is 0 Å². The quantitative estimate of drug-likeness (QED) is 0.728. The Labute approximate surface area is 159 Å². The molecule has 144 valence electrons. The SMILES string of the molecule is O=C(CSc1ccc(C(F)(F)F)cn1)N1CCN(Cc2cccnc2)CC1. The van der Waals surface area contributed by atoms with Crippen LogP contribution in [0.25, 0.3) is 0 Å². The highest BCUT2D eigenvalue weighted by Gasteiger charge is 2.30. The largest absolute Gasteiger partial charge is 0.417 e. The Hall–Kier alpha value is -2.13. The second-order valence-electron chi connectivity index (χ2n) is 6.19. The smallest absolute Gasteiger partial charge is 0.339 e. The molecule has 0 unspecified atom stereocenters. The minimum Gasteiger partial charge on any atom is -0.339 e. The lowest BCUT2D eigenvalue weighted by Gasteiger charge is -2.34. The van der Waals surface area contributed by atoms with E-state index < -0.39 is 11.7 Å². The average Bonchev–Trinajstić information content (AvgIpc) is 2.67. The van der Waals surface area contributed by atoms with Crippen molar-refractivity contribution in [2.24, 2.45) is 0 Å². The van der Waals surface area contributed by atoms with Gasteiger partial charge >= 0.3 is 6.18 Å². The molecule has 0 radical (unpaired) electrons. The van der Waals surface area contributed by atoms with Crippen LogP contribution in [0.15, 0.2) is 47.9 Å². The molecule has 9 heteroatoms. The topological polar surface area (TPSA) is 49.3 Å². The van der Waals surface area contributed by atoms with Crippen LogP contribution in [0, 0.1) is 0 Å². The highest BCUT2D eigenvalue weighted by Crippen LogP contribution is 2.29. The third-order valence-corrected chi connectivity index (χ3v) is 5.19. The maximum absolute atomic E-state index is 12.5. The molecule has 0 aromatic carbocycles. The molecule has 0 saturated carbocycles. The Morgan fingerprint density at radius 3 is 2.48 bits per heavy atom. The predicted octanol–water partition coefficient (Wildman–Crippen LogP) is 2.93. The maximum Gasteiger partial charge on any atom is 0.417 e. The van der Waals surface area contributed by atoms with Gasteiger partial charge in [0.05, 0.1) is 16.3 Å². The van der Waals surface area contributed by atoms with Gasteiger partial charge in [0, 0.05) is 51.3 Å². The van der Waals surface area contributed by atoms with E-state index in [1.54, 1.807) is 11.1 Å². The summed E-state index contributed by atoms with van der Waals surface area (Å²) in [4.78, 5) is 24.3. The molecule has 3 heterocycles. The number of rotatable bonds is 5. The van der Waals surface area contributed by atoms with Crippen LogP contribution in [0.3, 0.4) is 0 Å². The number of aromatic nitrogens is 2. The Morgan fingerprint density at radius 1 is 1.11 bits per heavy atom. The zero-order valence-electron chi connectivity index (χ0n) is 14.5. The summed E-state index contributed by atoms with van der Waals surface area (Å²) in [6.07, 6.45) is -0.0277. The van der Waals surface area contributed by atoms with Crippen molar-refractivity contribution in [3.8, 4) is 0 Å². The number of pyridine rings is 2. The van der Waals surface area contributed by atoms with Gasteiger partial charge in [0.25, 0.3) is 0 Å². The van der Waals surface area contributed by atoms with E-state index in [0.29, 0.717) is 18.1 Å². The van der Waals surface area contributed by atoms with Gasteiger partial charge in [0.1, 0.15) is 0 Å². The van der Waals surface area contributed by atoms with Crippen LogP contribution in [0.4, 0.5) is 13.2 Å². The van der Waals surface area contributed by atoms with Crippen molar-refractivity contribution < 1.29 is 18.0 Å². The molecule has 3 rings (SSSR count). The maximum atomic E-state index is 12.5. The zero-order valence-corrected chi connectivity index (χ0v) is 15.3. The van der Waals surface area contributed by atoms with Gasteiger partial charge < -0.3 is 4.90 Å². The first-order chi connectivity index (χ1) is 12.9. The van der Waals surface area contributed by atoms with E-state index in [1.807, 2.05) is 18.3 Å².